The Bertz CT molecular complexity index is 259. The first-order valence-corrected chi connectivity index (χ1v) is 6.75. The first-order chi connectivity index (χ1) is 7.67. The van der Waals surface area contributed by atoms with E-state index in [0.29, 0.717) is 6.61 Å². The lowest BCUT2D eigenvalue weighted by Gasteiger charge is -2.04. The molecule has 0 aromatic carbocycles. The van der Waals surface area contributed by atoms with E-state index in [9.17, 15) is 9.59 Å². The summed E-state index contributed by atoms with van der Waals surface area (Å²) in [7, 11) is 0. The number of alkyl halides is 1. The fraction of sp³-hybridized carbons (Fsp3) is 0.667. The minimum Gasteiger partial charge on any atom is -0.462 e. The molecule has 16 heavy (non-hydrogen) atoms. The summed E-state index contributed by atoms with van der Waals surface area (Å²) in [6.07, 6.45) is 5.66. The van der Waals surface area contributed by atoms with Crippen molar-refractivity contribution in [2.24, 2.45) is 0 Å². The highest BCUT2D eigenvalue weighted by Crippen LogP contribution is 2.08. The third-order valence-corrected chi connectivity index (χ3v) is 2.58. The molecule has 0 atom stereocenters. The molecule has 4 heteroatoms. The number of ether oxygens (including phenoxy) is 1. The van der Waals surface area contributed by atoms with Crippen molar-refractivity contribution >= 4 is 27.7 Å². The molecule has 0 fully saturated rings. The van der Waals surface area contributed by atoms with E-state index in [1.807, 2.05) is 0 Å². The molecule has 0 heterocycles. The van der Waals surface area contributed by atoms with Crippen molar-refractivity contribution in [3.8, 4) is 0 Å². The van der Waals surface area contributed by atoms with Crippen LogP contribution < -0.4 is 0 Å². The zero-order chi connectivity index (χ0) is 12.4. The van der Waals surface area contributed by atoms with Crippen LogP contribution in [-0.2, 0) is 14.3 Å². The second kappa shape index (κ2) is 9.58. The molecule has 0 saturated heterocycles. The highest BCUT2D eigenvalue weighted by atomic mass is 79.9. The smallest absolute Gasteiger partial charge is 0.341 e. The number of allylic oxidation sites excluding steroid dienone is 1. The van der Waals surface area contributed by atoms with Crippen molar-refractivity contribution in [2.45, 2.75) is 39.5 Å². The molecule has 0 aliphatic carbocycles. The van der Waals surface area contributed by atoms with E-state index in [1.54, 1.807) is 13.0 Å². The Balaban J connectivity index is 4.41. The van der Waals surface area contributed by atoms with Crippen LogP contribution in [0.4, 0.5) is 0 Å². The summed E-state index contributed by atoms with van der Waals surface area (Å²) in [5.74, 6) is -0.724. The number of rotatable bonds is 8. The average molecular weight is 291 g/mol. The van der Waals surface area contributed by atoms with E-state index in [1.165, 1.54) is 0 Å². The molecule has 0 spiro atoms. The molecule has 3 nitrogen and oxygen atoms in total. The first kappa shape index (κ1) is 15.4. The van der Waals surface area contributed by atoms with Gasteiger partial charge in [-0.3, -0.25) is 4.79 Å². The molecule has 0 aromatic rings. The first-order valence-electron chi connectivity index (χ1n) is 5.63. The van der Waals surface area contributed by atoms with Crippen LogP contribution in [0.15, 0.2) is 11.6 Å². The van der Waals surface area contributed by atoms with Gasteiger partial charge in [0.05, 0.1) is 17.5 Å². The fourth-order valence-electron chi connectivity index (χ4n) is 1.23. The van der Waals surface area contributed by atoms with Crippen LogP contribution in [0.1, 0.15) is 39.5 Å². The predicted octanol–water partition coefficient (Wildman–Crippen LogP) is 3.02. The Morgan fingerprint density at radius 2 is 1.94 bits per heavy atom. The highest BCUT2D eigenvalue weighted by Gasteiger charge is 2.17. The Morgan fingerprint density at radius 3 is 2.44 bits per heavy atom. The average Bonchev–Trinajstić information content (AvgIpc) is 2.28. The second-order valence-electron chi connectivity index (χ2n) is 3.39. The van der Waals surface area contributed by atoms with Gasteiger partial charge in [0.2, 0.25) is 0 Å². The number of hydrogen-bond acceptors (Lipinski definition) is 3. The van der Waals surface area contributed by atoms with Gasteiger partial charge >= 0.3 is 5.97 Å². The van der Waals surface area contributed by atoms with E-state index in [0.717, 1.165) is 25.7 Å². The molecule has 0 aromatic heterocycles. The van der Waals surface area contributed by atoms with Gasteiger partial charge in [-0.25, -0.2) is 4.79 Å². The van der Waals surface area contributed by atoms with Gasteiger partial charge in [-0.1, -0.05) is 41.8 Å². The Kier molecular flexibility index (Phi) is 9.19. The van der Waals surface area contributed by atoms with Crippen molar-refractivity contribution in [1.29, 1.82) is 0 Å². The lowest BCUT2D eigenvalue weighted by atomic mass is 10.1. The summed E-state index contributed by atoms with van der Waals surface area (Å²) in [6.45, 7) is 4.13. The third kappa shape index (κ3) is 6.05. The van der Waals surface area contributed by atoms with Crippen molar-refractivity contribution in [3.63, 3.8) is 0 Å². The SMILES string of the molecule is CCCCCC=C(C(=O)CBr)C(=O)OCC. The van der Waals surface area contributed by atoms with Gasteiger partial charge in [0, 0.05) is 0 Å². The lowest BCUT2D eigenvalue weighted by molar-refractivity contribution is -0.139. The fourth-order valence-corrected chi connectivity index (χ4v) is 1.53. The molecule has 0 aliphatic rings. The Hall–Kier alpha value is -0.640. The Morgan fingerprint density at radius 1 is 1.25 bits per heavy atom. The maximum absolute atomic E-state index is 11.5. The standard InChI is InChI=1S/C12H19BrO3/c1-3-5-6-7-8-10(11(14)9-13)12(15)16-4-2/h8H,3-7,9H2,1-2H3. The van der Waals surface area contributed by atoms with Gasteiger partial charge in [0.1, 0.15) is 0 Å². The van der Waals surface area contributed by atoms with Crippen molar-refractivity contribution in [2.75, 3.05) is 11.9 Å². The number of carbonyl (C=O) groups is 2. The Labute approximate surface area is 105 Å². The van der Waals surface area contributed by atoms with E-state index in [2.05, 4.69) is 22.9 Å². The number of Topliss-reactive ketones (excluding diaryl/α,β-unsaturated/α-hetero) is 1. The molecule has 0 radical (unpaired) electrons. The van der Waals surface area contributed by atoms with Gasteiger partial charge in [0.25, 0.3) is 0 Å². The van der Waals surface area contributed by atoms with Crippen LogP contribution in [0.2, 0.25) is 0 Å². The van der Waals surface area contributed by atoms with Crippen LogP contribution in [0, 0.1) is 0 Å². The number of carbonyl (C=O) groups excluding carboxylic acids is 2. The molecule has 0 saturated carbocycles. The molecule has 92 valence electrons. The maximum atomic E-state index is 11.5. The van der Waals surface area contributed by atoms with Gasteiger partial charge < -0.3 is 4.74 Å². The number of hydrogen-bond donors (Lipinski definition) is 0. The molecular weight excluding hydrogens is 272 g/mol. The van der Waals surface area contributed by atoms with Crippen LogP contribution in [-0.4, -0.2) is 23.7 Å². The molecule has 0 amide bonds. The highest BCUT2D eigenvalue weighted by molar-refractivity contribution is 9.09. The van der Waals surface area contributed by atoms with Gasteiger partial charge in [-0.2, -0.15) is 0 Å². The molecule has 0 unspecified atom stereocenters. The quantitative estimate of drug-likeness (QED) is 0.172. The summed E-state index contributed by atoms with van der Waals surface area (Å²) in [5.41, 5.74) is 0.176. The summed E-state index contributed by atoms with van der Waals surface area (Å²) < 4.78 is 4.84. The number of halogens is 1. The van der Waals surface area contributed by atoms with Gasteiger partial charge in [-0.05, 0) is 19.8 Å². The second-order valence-corrected chi connectivity index (χ2v) is 3.95. The molecule has 0 bridgehead atoms. The molecule has 0 aliphatic heterocycles. The third-order valence-electron chi connectivity index (χ3n) is 2.07. The monoisotopic (exact) mass is 290 g/mol. The normalized spacial score (nSPS) is 11.3. The van der Waals surface area contributed by atoms with E-state index < -0.39 is 5.97 Å². The lowest BCUT2D eigenvalue weighted by Crippen LogP contribution is -2.16. The van der Waals surface area contributed by atoms with E-state index in [-0.39, 0.29) is 16.7 Å². The molecular formula is C12H19BrO3. The maximum Gasteiger partial charge on any atom is 0.341 e. The summed E-state index contributed by atoms with van der Waals surface area (Å²) in [4.78, 5) is 23.0. The number of esters is 1. The van der Waals surface area contributed by atoms with Crippen molar-refractivity contribution in [3.05, 3.63) is 11.6 Å². The van der Waals surface area contributed by atoms with Gasteiger partial charge in [0.15, 0.2) is 5.78 Å². The number of unbranched alkanes of at least 4 members (excludes halogenated alkanes) is 3. The molecule has 0 rings (SSSR count). The zero-order valence-electron chi connectivity index (χ0n) is 9.92. The topological polar surface area (TPSA) is 43.4 Å². The van der Waals surface area contributed by atoms with Crippen LogP contribution in [0.5, 0.6) is 0 Å². The van der Waals surface area contributed by atoms with Crippen LogP contribution in [0.3, 0.4) is 0 Å². The van der Waals surface area contributed by atoms with Crippen molar-refractivity contribution < 1.29 is 14.3 Å². The zero-order valence-corrected chi connectivity index (χ0v) is 11.5. The van der Waals surface area contributed by atoms with Crippen LogP contribution in [0.25, 0.3) is 0 Å². The largest absolute Gasteiger partial charge is 0.462 e. The van der Waals surface area contributed by atoms with E-state index in [4.69, 9.17) is 4.74 Å². The van der Waals surface area contributed by atoms with E-state index >= 15 is 0 Å². The van der Waals surface area contributed by atoms with Crippen molar-refractivity contribution in [1.82, 2.24) is 0 Å². The van der Waals surface area contributed by atoms with Gasteiger partial charge in [-0.15, -0.1) is 0 Å². The summed E-state index contributed by atoms with van der Waals surface area (Å²) >= 11 is 3.06. The minimum absolute atomic E-state index is 0.158. The number of ketones is 1. The summed E-state index contributed by atoms with van der Waals surface area (Å²) in [5, 5.41) is 0.158. The molecule has 0 N–H and O–H groups in total. The predicted molar refractivity (Wildman–Crippen MR) is 67.7 cm³/mol. The summed E-state index contributed by atoms with van der Waals surface area (Å²) in [6, 6.07) is 0. The minimum atomic E-state index is -0.511. The van der Waals surface area contributed by atoms with Crippen LogP contribution >= 0.6 is 15.9 Å².